The molecule has 2 aromatic rings. The lowest BCUT2D eigenvalue weighted by molar-refractivity contribution is -0.122. The number of carbonyl (C=O) groups is 1. The second-order valence-corrected chi connectivity index (χ2v) is 7.38. The lowest BCUT2D eigenvalue weighted by Crippen LogP contribution is -2.31. The van der Waals surface area contributed by atoms with E-state index in [0.717, 1.165) is 31.5 Å². The maximum Gasteiger partial charge on any atom is 0.318 e. The van der Waals surface area contributed by atoms with Gasteiger partial charge >= 0.3 is 6.01 Å². The molecule has 1 aliphatic heterocycles. The summed E-state index contributed by atoms with van der Waals surface area (Å²) >= 11 is 0. The fraction of sp³-hybridized carbons (Fsp3) is 0.550. The van der Waals surface area contributed by atoms with E-state index in [-0.39, 0.29) is 11.9 Å². The van der Waals surface area contributed by atoms with Crippen molar-refractivity contribution in [3.63, 3.8) is 0 Å². The van der Waals surface area contributed by atoms with Crippen molar-refractivity contribution in [2.45, 2.75) is 52.0 Å². The molecule has 1 fully saturated rings. The number of aromatic nitrogens is 2. The summed E-state index contributed by atoms with van der Waals surface area (Å²) in [6.45, 7) is 5.97. The SMILES string of the molecule is CC(C)CC(=O)NC(Cc1ccccc1)c1nnc(N2CCCCC2)o1. The van der Waals surface area contributed by atoms with Gasteiger partial charge in [0.2, 0.25) is 11.8 Å². The van der Waals surface area contributed by atoms with Crippen LogP contribution in [0.2, 0.25) is 0 Å². The monoisotopic (exact) mass is 356 g/mol. The Balaban J connectivity index is 1.75. The second kappa shape index (κ2) is 8.83. The highest BCUT2D eigenvalue weighted by Crippen LogP contribution is 2.23. The zero-order valence-corrected chi connectivity index (χ0v) is 15.6. The highest BCUT2D eigenvalue weighted by Gasteiger charge is 2.24. The van der Waals surface area contributed by atoms with Crippen molar-refractivity contribution in [1.82, 2.24) is 15.5 Å². The van der Waals surface area contributed by atoms with Crippen molar-refractivity contribution in [1.29, 1.82) is 0 Å². The molecule has 0 saturated carbocycles. The lowest BCUT2D eigenvalue weighted by Gasteiger charge is -2.24. The first kappa shape index (κ1) is 18.4. The third-order valence-electron chi connectivity index (χ3n) is 4.57. The molecule has 6 heteroatoms. The van der Waals surface area contributed by atoms with E-state index in [9.17, 15) is 4.79 Å². The van der Waals surface area contributed by atoms with E-state index >= 15 is 0 Å². The minimum absolute atomic E-state index is 0.0126. The maximum atomic E-state index is 12.3. The number of rotatable bonds is 7. The molecule has 140 valence electrons. The quantitative estimate of drug-likeness (QED) is 0.822. The van der Waals surface area contributed by atoms with Crippen LogP contribution in [0.4, 0.5) is 6.01 Å². The first-order valence-corrected chi connectivity index (χ1v) is 9.53. The van der Waals surface area contributed by atoms with Gasteiger partial charge in [-0.15, -0.1) is 5.10 Å². The summed E-state index contributed by atoms with van der Waals surface area (Å²) in [5.41, 5.74) is 1.13. The average molecular weight is 356 g/mol. The van der Waals surface area contributed by atoms with Gasteiger partial charge < -0.3 is 14.6 Å². The molecule has 1 atom stereocenters. The predicted molar refractivity (Wildman–Crippen MR) is 101 cm³/mol. The number of benzene rings is 1. The van der Waals surface area contributed by atoms with Gasteiger partial charge in [0.25, 0.3) is 0 Å². The van der Waals surface area contributed by atoms with Crippen LogP contribution in [-0.2, 0) is 11.2 Å². The minimum Gasteiger partial charge on any atom is -0.406 e. The van der Waals surface area contributed by atoms with Crippen molar-refractivity contribution in [2.75, 3.05) is 18.0 Å². The number of amides is 1. The highest BCUT2D eigenvalue weighted by molar-refractivity contribution is 5.76. The van der Waals surface area contributed by atoms with E-state index in [1.54, 1.807) is 0 Å². The number of carbonyl (C=O) groups excluding carboxylic acids is 1. The van der Waals surface area contributed by atoms with Crippen LogP contribution < -0.4 is 10.2 Å². The molecule has 26 heavy (non-hydrogen) atoms. The number of piperidine rings is 1. The van der Waals surface area contributed by atoms with Gasteiger partial charge in [-0.1, -0.05) is 49.3 Å². The van der Waals surface area contributed by atoms with Crippen LogP contribution in [0.25, 0.3) is 0 Å². The van der Waals surface area contributed by atoms with E-state index in [4.69, 9.17) is 4.42 Å². The van der Waals surface area contributed by atoms with Crippen molar-refractivity contribution in [3.8, 4) is 0 Å². The van der Waals surface area contributed by atoms with Crippen molar-refractivity contribution >= 4 is 11.9 Å². The van der Waals surface area contributed by atoms with Crippen LogP contribution >= 0.6 is 0 Å². The number of anilines is 1. The Morgan fingerprint density at radius 3 is 2.58 bits per heavy atom. The standard InChI is InChI=1S/C20H28N4O2/c1-15(2)13-18(25)21-17(14-16-9-5-3-6-10-16)19-22-23-20(26-19)24-11-7-4-8-12-24/h3,5-6,9-10,15,17H,4,7-8,11-14H2,1-2H3,(H,21,25). The summed E-state index contributed by atoms with van der Waals surface area (Å²) in [6, 6.07) is 10.3. The molecule has 1 aromatic heterocycles. The summed E-state index contributed by atoms with van der Waals surface area (Å²) in [6.07, 6.45) is 4.66. The number of hydrogen-bond donors (Lipinski definition) is 1. The molecule has 0 bridgehead atoms. The molecule has 1 saturated heterocycles. The fourth-order valence-corrected chi connectivity index (χ4v) is 3.25. The Labute approximate surface area is 155 Å². The average Bonchev–Trinajstić information content (AvgIpc) is 3.12. The molecule has 6 nitrogen and oxygen atoms in total. The summed E-state index contributed by atoms with van der Waals surface area (Å²) < 4.78 is 5.95. The van der Waals surface area contributed by atoms with Crippen LogP contribution in [0, 0.1) is 5.92 Å². The zero-order chi connectivity index (χ0) is 18.4. The van der Waals surface area contributed by atoms with E-state index < -0.39 is 0 Å². The highest BCUT2D eigenvalue weighted by atomic mass is 16.4. The molecule has 3 rings (SSSR count). The smallest absolute Gasteiger partial charge is 0.318 e. The molecule has 1 unspecified atom stereocenters. The van der Waals surface area contributed by atoms with Crippen molar-refractivity contribution in [2.24, 2.45) is 5.92 Å². The van der Waals surface area contributed by atoms with Gasteiger partial charge in [0.05, 0.1) is 0 Å². The van der Waals surface area contributed by atoms with E-state index in [2.05, 4.69) is 20.4 Å². The topological polar surface area (TPSA) is 71.3 Å². The van der Waals surface area contributed by atoms with Crippen LogP contribution in [0.3, 0.4) is 0 Å². The Bertz CT molecular complexity index is 693. The van der Waals surface area contributed by atoms with E-state index in [0.29, 0.717) is 30.7 Å². The second-order valence-electron chi connectivity index (χ2n) is 7.38. The van der Waals surface area contributed by atoms with Gasteiger partial charge in [-0.3, -0.25) is 4.79 Å². The minimum atomic E-state index is -0.310. The first-order valence-electron chi connectivity index (χ1n) is 9.53. The third kappa shape index (κ3) is 5.07. The lowest BCUT2D eigenvalue weighted by atomic mass is 10.0. The van der Waals surface area contributed by atoms with E-state index in [1.807, 2.05) is 44.2 Å². The summed E-state index contributed by atoms with van der Waals surface area (Å²) in [7, 11) is 0. The fourth-order valence-electron chi connectivity index (χ4n) is 3.25. The Hall–Kier alpha value is -2.37. The molecule has 1 N–H and O–H groups in total. The Morgan fingerprint density at radius 2 is 1.88 bits per heavy atom. The number of hydrogen-bond acceptors (Lipinski definition) is 5. The molecule has 2 heterocycles. The van der Waals surface area contributed by atoms with E-state index in [1.165, 1.54) is 6.42 Å². The molecule has 1 aromatic carbocycles. The van der Waals surface area contributed by atoms with Gasteiger partial charge in [0.1, 0.15) is 6.04 Å². The predicted octanol–water partition coefficient (Wildman–Crippen LogP) is 3.51. The summed E-state index contributed by atoms with van der Waals surface area (Å²) in [4.78, 5) is 14.5. The molecular weight excluding hydrogens is 328 g/mol. The Kier molecular flexibility index (Phi) is 6.26. The number of nitrogens with one attached hydrogen (secondary N) is 1. The molecule has 0 radical (unpaired) electrons. The Morgan fingerprint density at radius 1 is 1.15 bits per heavy atom. The van der Waals surface area contributed by atoms with Crippen molar-refractivity contribution in [3.05, 3.63) is 41.8 Å². The largest absolute Gasteiger partial charge is 0.406 e. The first-order chi connectivity index (χ1) is 12.6. The van der Waals surface area contributed by atoms with Gasteiger partial charge in [-0.2, -0.15) is 0 Å². The summed E-state index contributed by atoms with van der Waals surface area (Å²) in [5.74, 6) is 0.796. The maximum absolute atomic E-state index is 12.3. The zero-order valence-electron chi connectivity index (χ0n) is 15.6. The van der Waals surface area contributed by atoms with Gasteiger partial charge in [-0.25, -0.2) is 0 Å². The van der Waals surface area contributed by atoms with Crippen LogP contribution in [0.5, 0.6) is 0 Å². The van der Waals surface area contributed by atoms with Gasteiger partial charge in [0, 0.05) is 25.9 Å². The molecule has 0 aliphatic carbocycles. The van der Waals surface area contributed by atoms with Crippen molar-refractivity contribution < 1.29 is 9.21 Å². The molecule has 1 amide bonds. The van der Waals surface area contributed by atoms with Crippen LogP contribution in [-0.4, -0.2) is 29.2 Å². The van der Waals surface area contributed by atoms with Crippen LogP contribution in [0.1, 0.15) is 57.0 Å². The summed E-state index contributed by atoms with van der Waals surface area (Å²) in [5, 5.41) is 11.6. The van der Waals surface area contributed by atoms with Gasteiger partial charge in [-0.05, 0) is 30.7 Å². The molecule has 0 spiro atoms. The van der Waals surface area contributed by atoms with Gasteiger partial charge in [0.15, 0.2) is 0 Å². The third-order valence-corrected chi connectivity index (χ3v) is 4.57. The normalized spacial score (nSPS) is 15.9. The van der Waals surface area contributed by atoms with Crippen LogP contribution in [0.15, 0.2) is 34.7 Å². The molecule has 1 aliphatic rings. The molecular formula is C20H28N4O2. The number of nitrogens with zero attached hydrogens (tertiary/aromatic N) is 3.